The fourth-order valence-electron chi connectivity index (χ4n) is 2.01. The van der Waals surface area contributed by atoms with Gasteiger partial charge in [0.25, 0.3) is 5.91 Å². The Morgan fingerprint density at radius 2 is 2.10 bits per heavy atom. The van der Waals surface area contributed by atoms with Crippen LogP contribution < -0.4 is 4.90 Å². The number of amides is 1. The lowest BCUT2D eigenvalue weighted by Crippen LogP contribution is -2.31. The van der Waals surface area contributed by atoms with Crippen molar-refractivity contribution in [3.63, 3.8) is 0 Å². The van der Waals surface area contributed by atoms with E-state index in [1.54, 1.807) is 22.0 Å². The second kappa shape index (κ2) is 5.63. The number of carbonyl (C=O) groups excluding carboxylic acids is 1. The van der Waals surface area contributed by atoms with Crippen LogP contribution in [0.1, 0.15) is 43.9 Å². The van der Waals surface area contributed by atoms with E-state index in [4.69, 9.17) is 0 Å². The molecule has 0 aliphatic rings. The summed E-state index contributed by atoms with van der Waals surface area (Å²) in [5.74, 6) is -0.163. The number of carbonyl (C=O) groups is 1. The van der Waals surface area contributed by atoms with Gasteiger partial charge in [-0.25, -0.2) is 4.68 Å². The summed E-state index contributed by atoms with van der Waals surface area (Å²) in [5.41, 5.74) is 1.76. The summed E-state index contributed by atoms with van der Waals surface area (Å²) in [6.07, 6.45) is 3.41. The number of hydrogen-bond donors (Lipinski definition) is 0. The summed E-state index contributed by atoms with van der Waals surface area (Å²) in [6, 6.07) is 3.71. The maximum Gasteiger partial charge on any atom is 0.280 e. The molecule has 21 heavy (non-hydrogen) atoms. The average molecular weight is 287 g/mol. The number of aryl methyl sites for hydroxylation is 1. The van der Waals surface area contributed by atoms with E-state index in [1.165, 1.54) is 0 Å². The first-order valence-electron chi connectivity index (χ1n) is 7.01. The maximum absolute atomic E-state index is 12.7. The van der Waals surface area contributed by atoms with Crippen molar-refractivity contribution < 1.29 is 4.79 Å². The fourth-order valence-corrected chi connectivity index (χ4v) is 2.01. The highest BCUT2D eigenvalue weighted by Gasteiger charge is 2.23. The molecule has 2 rings (SSSR count). The normalized spacial score (nSPS) is 11.5. The number of hydrogen-bond acceptors (Lipinski definition) is 4. The third-order valence-electron chi connectivity index (χ3n) is 3.23. The number of anilines is 1. The Kier molecular flexibility index (Phi) is 4.06. The van der Waals surface area contributed by atoms with E-state index in [2.05, 4.69) is 15.3 Å². The Labute approximate surface area is 124 Å². The molecular formula is C15H21N5O. The van der Waals surface area contributed by atoms with E-state index < -0.39 is 0 Å². The molecule has 2 heterocycles. The molecule has 1 amide bonds. The van der Waals surface area contributed by atoms with Gasteiger partial charge in [-0.3, -0.25) is 9.78 Å². The zero-order chi connectivity index (χ0) is 15.6. The van der Waals surface area contributed by atoms with Crippen molar-refractivity contribution in [2.75, 3.05) is 11.4 Å². The summed E-state index contributed by atoms with van der Waals surface area (Å²) >= 11 is 0. The molecule has 112 valence electrons. The van der Waals surface area contributed by atoms with Crippen molar-refractivity contribution in [2.45, 2.75) is 40.2 Å². The van der Waals surface area contributed by atoms with Gasteiger partial charge in [0, 0.05) is 12.7 Å². The summed E-state index contributed by atoms with van der Waals surface area (Å²) < 4.78 is 1.70. The number of nitrogens with zero attached hydrogens (tertiary/aromatic N) is 5. The lowest BCUT2D eigenvalue weighted by Gasteiger charge is -2.21. The molecule has 6 heteroatoms. The minimum absolute atomic E-state index is 0.163. The van der Waals surface area contributed by atoms with E-state index in [0.717, 1.165) is 11.4 Å². The topological polar surface area (TPSA) is 63.9 Å². The van der Waals surface area contributed by atoms with E-state index in [-0.39, 0.29) is 11.4 Å². The molecule has 0 unspecified atom stereocenters. The molecule has 0 aromatic carbocycles. The van der Waals surface area contributed by atoms with Gasteiger partial charge in [-0.1, -0.05) is 5.21 Å². The minimum atomic E-state index is -0.202. The van der Waals surface area contributed by atoms with Gasteiger partial charge in [-0.05, 0) is 46.8 Å². The van der Waals surface area contributed by atoms with Crippen molar-refractivity contribution in [1.29, 1.82) is 0 Å². The highest BCUT2D eigenvalue weighted by atomic mass is 16.2. The van der Waals surface area contributed by atoms with Gasteiger partial charge >= 0.3 is 0 Å². The average Bonchev–Trinajstić information content (AvgIpc) is 2.91. The first-order chi connectivity index (χ1) is 9.84. The Balaban J connectivity index is 2.33. The van der Waals surface area contributed by atoms with Gasteiger partial charge < -0.3 is 4.90 Å². The summed E-state index contributed by atoms with van der Waals surface area (Å²) in [7, 11) is 0. The molecule has 0 spiro atoms. The molecule has 6 nitrogen and oxygen atoms in total. The van der Waals surface area contributed by atoms with E-state index in [1.807, 2.05) is 46.8 Å². The van der Waals surface area contributed by atoms with Crippen LogP contribution in [0, 0.1) is 6.92 Å². The lowest BCUT2D eigenvalue weighted by atomic mass is 10.1. The smallest absolute Gasteiger partial charge is 0.280 e. The highest BCUT2D eigenvalue weighted by Crippen LogP contribution is 2.20. The standard InChI is InChI=1S/C15H21N5O/c1-6-19(13-8-7-9-16-11(13)2)14(21)12-10-20(18-17-12)15(3,4)5/h7-10H,6H2,1-5H3. The van der Waals surface area contributed by atoms with Crippen molar-refractivity contribution in [3.8, 4) is 0 Å². The van der Waals surface area contributed by atoms with E-state index in [9.17, 15) is 4.79 Å². The van der Waals surface area contributed by atoms with Crippen LogP contribution in [0.25, 0.3) is 0 Å². The first-order valence-corrected chi connectivity index (χ1v) is 7.01. The molecule has 0 fully saturated rings. The molecule has 2 aromatic rings. The highest BCUT2D eigenvalue weighted by molar-refractivity contribution is 6.04. The van der Waals surface area contributed by atoms with Gasteiger partial charge in [-0.2, -0.15) is 0 Å². The van der Waals surface area contributed by atoms with E-state index >= 15 is 0 Å². The zero-order valence-corrected chi connectivity index (χ0v) is 13.2. The predicted octanol–water partition coefficient (Wildman–Crippen LogP) is 2.40. The first kappa shape index (κ1) is 15.2. The van der Waals surface area contributed by atoms with Crippen LogP contribution in [0.4, 0.5) is 5.69 Å². The molecule has 0 N–H and O–H groups in total. The molecule has 0 bridgehead atoms. The third-order valence-corrected chi connectivity index (χ3v) is 3.23. The zero-order valence-electron chi connectivity index (χ0n) is 13.2. The largest absolute Gasteiger partial charge is 0.305 e. The van der Waals surface area contributed by atoms with Crippen LogP contribution in [-0.2, 0) is 5.54 Å². The predicted molar refractivity (Wildman–Crippen MR) is 81.3 cm³/mol. The molecule has 0 saturated carbocycles. The Hall–Kier alpha value is -2.24. The Morgan fingerprint density at radius 1 is 1.38 bits per heavy atom. The van der Waals surface area contributed by atoms with Crippen LogP contribution in [0.15, 0.2) is 24.5 Å². The third kappa shape index (κ3) is 3.09. The van der Waals surface area contributed by atoms with Crippen molar-refractivity contribution in [2.24, 2.45) is 0 Å². The molecule has 2 aromatic heterocycles. The summed E-state index contributed by atoms with van der Waals surface area (Å²) in [5, 5.41) is 8.05. The van der Waals surface area contributed by atoms with Crippen molar-refractivity contribution in [3.05, 3.63) is 35.9 Å². The number of pyridine rings is 1. The van der Waals surface area contributed by atoms with E-state index in [0.29, 0.717) is 12.2 Å². The molecular weight excluding hydrogens is 266 g/mol. The number of rotatable bonds is 3. The van der Waals surface area contributed by atoms with Gasteiger partial charge in [0.15, 0.2) is 5.69 Å². The van der Waals surface area contributed by atoms with Gasteiger partial charge in [0.2, 0.25) is 0 Å². The number of aromatic nitrogens is 4. The molecule has 0 aliphatic carbocycles. The lowest BCUT2D eigenvalue weighted by molar-refractivity contribution is 0.0983. The van der Waals surface area contributed by atoms with Crippen LogP contribution in [0.5, 0.6) is 0 Å². The fraction of sp³-hybridized carbons (Fsp3) is 0.467. The molecule has 0 radical (unpaired) electrons. The quantitative estimate of drug-likeness (QED) is 0.869. The minimum Gasteiger partial charge on any atom is -0.305 e. The summed E-state index contributed by atoms with van der Waals surface area (Å²) in [4.78, 5) is 18.6. The molecule has 0 aliphatic heterocycles. The van der Waals surface area contributed by atoms with Gasteiger partial charge in [0.05, 0.1) is 23.1 Å². The molecule has 0 atom stereocenters. The SMILES string of the molecule is CCN(C(=O)c1cn(C(C)(C)C)nn1)c1cccnc1C. The van der Waals surface area contributed by atoms with Crippen LogP contribution in [0.3, 0.4) is 0 Å². The molecule has 0 saturated heterocycles. The van der Waals surface area contributed by atoms with Crippen LogP contribution in [-0.4, -0.2) is 32.4 Å². The monoisotopic (exact) mass is 287 g/mol. The Bertz CT molecular complexity index is 642. The van der Waals surface area contributed by atoms with Crippen LogP contribution >= 0.6 is 0 Å². The summed E-state index contributed by atoms with van der Waals surface area (Å²) in [6.45, 7) is 10.4. The van der Waals surface area contributed by atoms with Crippen molar-refractivity contribution in [1.82, 2.24) is 20.0 Å². The van der Waals surface area contributed by atoms with Gasteiger partial charge in [0.1, 0.15) is 0 Å². The second-order valence-electron chi connectivity index (χ2n) is 5.88. The van der Waals surface area contributed by atoms with Crippen molar-refractivity contribution >= 4 is 11.6 Å². The van der Waals surface area contributed by atoms with Crippen LogP contribution in [0.2, 0.25) is 0 Å². The second-order valence-corrected chi connectivity index (χ2v) is 5.88. The Morgan fingerprint density at radius 3 is 2.62 bits per heavy atom. The maximum atomic E-state index is 12.7. The van der Waals surface area contributed by atoms with Gasteiger partial charge in [-0.15, -0.1) is 5.10 Å².